The van der Waals surface area contributed by atoms with Crippen LogP contribution in [-0.4, -0.2) is 24.0 Å². The molecule has 1 aromatic heterocycles. The minimum absolute atomic E-state index is 0.0854. The highest BCUT2D eigenvalue weighted by atomic mass is 16.8. The predicted octanol–water partition coefficient (Wildman–Crippen LogP) is 2.97. The SMILES string of the molecule is CC1(C)O[C@@H]2[C@H](O1)[C@@H](c1ccco1)C[C@H]2N=[N+]=[N-]. The third-order valence-corrected chi connectivity index (χ3v) is 3.54. The number of ether oxygens (including phenoxy) is 2. The van der Waals surface area contributed by atoms with Crippen molar-refractivity contribution in [3.05, 3.63) is 34.6 Å². The summed E-state index contributed by atoms with van der Waals surface area (Å²) in [6, 6.07) is 3.58. The predicted molar refractivity (Wildman–Crippen MR) is 62.8 cm³/mol. The number of hydrogen-bond acceptors (Lipinski definition) is 4. The summed E-state index contributed by atoms with van der Waals surface area (Å²) in [6.07, 6.45) is 2.04. The number of fused-ring (bicyclic) bond motifs is 1. The quantitative estimate of drug-likeness (QED) is 0.459. The van der Waals surface area contributed by atoms with Gasteiger partial charge in [-0.1, -0.05) is 5.11 Å². The molecule has 1 aliphatic carbocycles. The van der Waals surface area contributed by atoms with Gasteiger partial charge >= 0.3 is 0 Å². The van der Waals surface area contributed by atoms with E-state index in [4.69, 9.17) is 19.4 Å². The van der Waals surface area contributed by atoms with Crippen molar-refractivity contribution >= 4 is 0 Å². The molecule has 0 radical (unpaired) electrons. The van der Waals surface area contributed by atoms with Gasteiger partial charge in [0.25, 0.3) is 0 Å². The van der Waals surface area contributed by atoms with Crippen molar-refractivity contribution in [2.45, 2.75) is 50.2 Å². The lowest BCUT2D eigenvalue weighted by molar-refractivity contribution is -0.154. The van der Waals surface area contributed by atoms with Crippen LogP contribution in [0.2, 0.25) is 0 Å². The molecule has 2 aliphatic rings. The smallest absolute Gasteiger partial charge is 0.163 e. The molecule has 18 heavy (non-hydrogen) atoms. The fraction of sp³-hybridized carbons (Fsp3) is 0.667. The number of azide groups is 1. The van der Waals surface area contributed by atoms with Crippen LogP contribution in [0.15, 0.2) is 27.9 Å². The Morgan fingerprint density at radius 3 is 2.83 bits per heavy atom. The van der Waals surface area contributed by atoms with Crippen LogP contribution in [0.1, 0.15) is 31.9 Å². The zero-order chi connectivity index (χ0) is 12.8. The zero-order valence-electron chi connectivity index (χ0n) is 10.3. The Bertz CT molecular complexity index is 479. The highest BCUT2D eigenvalue weighted by molar-refractivity contribution is 5.16. The minimum Gasteiger partial charge on any atom is -0.469 e. The maximum Gasteiger partial charge on any atom is 0.163 e. The van der Waals surface area contributed by atoms with Gasteiger partial charge in [0, 0.05) is 10.8 Å². The largest absolute Gasteiger partial charge is 0.469 e. The van der Waals surface area contributed by atoms with Gasteiger partial charge in [0.05, 0.1) is 24.5 Å². The molecule has 96 valence electrons. The molecule has 4 atom stereocenters. The average molecular weight is 249 g/mol. The van der Waals surface area contributed by atoms with E-state index >= 15 is 0 Å². The van der Waals surface area contributed by atoms with Gasteiger partial charge in [-0.2, -0.15) is 0 Å². The minimum atomic E-state index is -0.635. The number of rotatable bonds is 2. The van der Waals surface area contributed by atoms with Gasteiger partial charge in [-0.25, -0.2) is 0 Å². The summed E-state index contributed by atoms with van der Waals surface area (Å²) in [5.74, 6) is 0.313. The molecule has 1 aromatic rings. The lowest BCUT2D eigenvalue weighted by Crippen LogP contribution is -2.27. The maximum atomic E-state index is 8.63. The lowest BCUT2D eigenvalue weighted by atomic mass is 10.0. The van der Waals surface area contributed by atoms with Gasteiger partial charge in [0.2, 0.25) is 0 Å². The first-order valence-electron chi connectivity index (χ1n) is 6.04. The third-order valence-electron chi connectivity index (χ3n) is 3.54. The van der Waals surface area contributed by atoms with Crippen molar-refractivity contribution in [1.29, 1.82) is 0 Å². The summed E-state index contributed by atoms with van der Waals surface area (Å²) in [4.78, 5) is 2.90. The molecule has 1 aliphatic heterocycles. The Kier molecular flexibility index (Phi) is 2.59. The number of furan rings is 1. The average Bonchev–Trinajstić information content (AvgIpc) is 2.96. The Balaban J connectivity index is 1.92. The van der Waals surface area contributed by atoms with E-state index in [-0.39, 0.29) is 24.2 Å². The van der Waals surface area contributed by atoms with Crippen molar-refractivity contribution in [2.24, 2.45) is 5.11 Å². The monoisotopic (exact) mass is 249 g/mol. The summed E-state index contributed by atoms with van der Waals surface area (Å²) in [6.45, 7) is 3.75. The van der Waals surface area contributed by atoms with E-state index in [1.54, 1.807) is 6.26 Å². The fourth-order valence-corrected chi connectivity index (χ4v) is 2.91. The van der Waals surface area contributed by atoms with E-state index in [1.165, 1.54) is 0 Å². The molecular formula is C12H15N3O3. The molecule has 6 nitrogen and oxygen atoms in total. The van der Waals surface area contributed by atoms with Crippen LogP contribution in [0.5, 0.6) is 0 Å². The van der Waals surface area contributed by atoms with E-state index in [1.807, 2.05) is 26.0 Å². The van der Waals surface area contributed by atoms with Crippen molar-refractivity contribution in [3.63, 3.8) is 0 Å². The van der Waals surface area contributed by atoms with E-state index in [0.717, 1.165) is 5.76 Å². The van der Waals surface area contributed by atoms with Gasteiger partial charge in [0.15, 0.2) is 5.79 Å². The molecule has 0 spiro atoms. The van der Waals surface area contributed by atoms with E-state index < -0.39 is 5.79 Å². The Morgan fingerprint density at radius 2 is 2.17 bits per heavy atom. The highest BCUT2D eigenvalue weighted by Crippen LogP contribution is 2.47. The van der Waals surface area contributed by atoms with Gasteiger partial charge < -0.3 is 13.9 Å². The Hall–Kier alpha value is -1.49. The maximum absolute atomic E-state index is 8.63. The second kappa shape index (κ2) is 4.02. The summed E-state index contributed by atoms with van der Waals surface area (Å²) in [7, 11) is 0. The fourth-order valence-electron chi connectivity index (χ4n) is 2.91. The molecule has 2 heterocycles. The Morgan fingerprint density at radius 1 is 1.39 bits per heavy atom. The van der Waals surface area contributed by atoms with Crippen LogP contribution in [0, 0.1) is 0 Å². The van der Waals surface area contributed by atoms with Crippen molar-refractivity contribution in [3.8, 4) is 0 Å². The van der Waals surface area contributed by atoms with Crippen molar-refractivity contribution in [2.75, 3.05) is 0 Å². The Labute approximate surface area is 104 Å². The van der Waals surface area contributed by atoms with Crippen molar-refractivity contribution in [1.82, 2.24) is 0 Å². The van der Waals surface area contributed by atoms with Crippen molar-refractivity contribution < 1.29 is 13.9 Å². The van der Waals surface area contributed by atoms with Crippen LogP contribution in [0.25, 0.3) is 10.4 Å². The molecule has 6 heteroatoms. The summed E-state index contributed by atoms with van der Waals surface area (Å²) < 4.78 is 17.2. The molecule has 0 bridgehead atoms. The normalized spacial score (nSPS) is 37.2. The summed E-state index contributed by atoms with van der Waals surface area (Å²) >= 11 is 0. The third kappa shape index (κ3) is 1.79. The molecule has 0 unspecified atom stereocenters. The first kappa shape index (κ1) is 11.6. The van der Waals surface area contributed by atoms with E-state index in [9.17, 15) is 0 Å². The van der Waals surface area contributed by atoms with Gasteiger partial charge in [0.1, 0.15) is 5.76 Å². The second-order valence-electron chi connectivity index (χ2n) is 5.19. The number of hydrogen-bond donors (Lipinski definition) is 0. The van der Waals surface area contributed by atoms with E-state index in [2.05, 4.69) is 10.0 Å². The molecule has 1 saturated heterocycles. The molecule has 3 rings (SSSR count). The van der Waals surface area contributed by atoms with E-state index in [0.29, 0.717) is 6.42 Å². The second-order valence-corrected chi connectivity index (χ2v) is 5.19. The molecular weight excluding hydrogens is 234 g/mol. The molecule has 0 aromatic carbocycles. The molecule has 2 fully saturated rings. The highest BCUT2D eigenvalue weighted by Gasteiger charge is 2.54. The summed E-state index contributed by atoms with van der Waals surface area (Å²) in [5.41, 5.74) is 8.63. The molecule has 1 saturated carbocycles. The first-order chi connectivity index (χ1) is 8.61. The van der Waals surface area contributed by atoms with Crippen LogP contribution >= 0.6 is 0 Å². The molecule has 0 amide bonds. The first-order valence-corrected chi connectivity index (χ1v) is 6.04. The van der Waals surface area contributed by atoms with Crippen LogP contribution in [-0.2, 0) is 9.47 Å². The zero-order valence-corrected chi connectivity index (χ0v) is 10.3. The standard InChI is InChI=1S/C12H15N3O3/c1-12(2)17-10-7(9-4-3-5-16-9)6-8(14-15-13)11(10)18-12/h3-5,7-8,10-11H,6H2,1-2H3/t7-,8-,10-,11+/m1/s1. The number of nitrogens with zero attached hydrogens (tertiary/aromatic N) is 3. The van der Waals surface area contributed by atoms with Gasteiger partial charge in [-0.15, -0.1) is 0 Å². The van der Waals surface area contributed by atoms with Gasteiger partial charge in [-0.05, 0) is 37.9 Å². The molecule has 0 N–H and O–H groups in total. The summed E-state index contributed by atoms with van der Waals surface area (Å²) in [5, 5.41) is 3.83. The van der Waals surface area contributed by atoms with Crippen LogP contribution < -0.4 is 0 Å². The lowest BCUT2D eigenvalue weighted by Gasteiger charge is -2.21. The van der Waals surface area contributed by atoms with Crippen LogP contribution in [0.3, 0.4) is 0 Å². The van der Waals surface area contributed by atoms with Gasteiger partial charge in [-0.3, -0.25) is 0 Å². The topological polar surface area (TPSA) is 80.4 Å². The van der Waals surface area contributed by atoms with Crippen LogP contribution in [0.4, 0.5) is 0 Å².